The summed E-state index contributed by atoms with van der Waals surface area (Å²) < 4.78 is 43.4. The molecule has 0 bridgehead atoms. The Hall–Kier alpha value is -4.34. The fourth-order valence-corrected chi connectivity index (χ4v) is 4.50. The summed E-state index contributed by atoms with van der Waals surface area (Å²) in [5.41, 5.74) is 4.72. The number of halogens is 3. The number of anilines is 1. The molecule has 0 fully saturated rings. The summed E-state index contributed by atoms with van der Waals surface area (Å²) >= 11 is 0.602. The van der Waals surface area contributed by atoms with Gasteiger partial charge in [-0.15, -0.1) is 11.3 Å². The molecule has 0 aliphatic carbocycles. The number of pyridine rings is 1. The third-order valence-corrected chi connectivity index (χ3v) is 6.62. The number of alkyl halides is 3. The maximum atomic E-state index is 13.6. The van der Waals surface area contributed by atoms with Crippen molar-refractivity contribution in [3.63, 3.8) is 0 Å². The molecule has 12 nitrogen and oxygen atoms in total. The molecule has 4 aromatic rings. The summed E-state index contributed by atoms with van der Waals surface area (Å²) in [6, 6.07) is -0.264. The first-order valence-corrected chi connectivity index (χ1v) is 10.9. The number of fused-ring (bicyclic) bond motifs is 1. The maximum Gasteiger partial charge on any atom is 0.433 e. The summed E-state index contributed by atoms with van der Waals surface area (Å²) in [4.78, 5) is 38.8. The van der Waals surface area contributed by atoms with Crippen LogP contribution in [0.15, 0.2) is 24.7 Å². The fourth-order valence-electron chi connectivity index (χ4n) is 3.49. The van der Waals surface area contributed by atoms with Crippen LogP contribution in [0.5, 0.6) is 0 Å². The predicted molar refractivity (Wildman–Crippen MR) is 122 cm³/mol. The quantitative estimate of drug-likeness (QED) is 0.289. The molecule has 0 aromatic carbocycles. The lowest BCUT2D eigenvalue weighted by molar-refractivity contribution is -0.385. The maximum absolute atomic E-state index is 13.6. The molecule has 0 aliphatic rings. The van der Waals surface area contributed by atoms with Crippen LogP contribution in [0.1, 0.15) is 34.0 Å². The molecule has 1 atom stereocenters. The highest BCUT2D eigenvalue weighted by Crippen LogP contribution is 2.44. The van der Waals surface area contributed by atoms with Crippen LogP contribution in [0.2, 0.25) is 0 Å². The molecule has 0 spiro atoms. The van der Waals surface area contributed by atoms with Crippen LogP contribution in [0.4, 0.5) is 24.5 Å². The number of rotatable bonds is 6. The minimum atomic E-state index is -4.79. The number of hydrogen-bond acceptors (Lipinski definition) is 8. The van der Waals surface area contributed by atoms with Crippen molar-refractivity contribution in [2.45, 2.75) is 26.1 Å². The predicted octanol–water partition coefficient (Wildman–Crippen LogP) is 3.43. The smallest absolute Gasteiger partial charge is 0.365 e. The molecule has 188 valence electrons. The topological polar surface area (TPSA) is 164 Å². The molecule has 4 aromatic heterocycles. The van der Waals surface area contributed by atoms with E-state index in [1.54, 1.807) is 14.0 Å². The molecule has 4 rings (SSSR count). The normalized spacial score (nSPS) is 12.6. The Morgan fingerprint density at radius 1 is 1.25 bits per heavy atom. The third-order valence-electron chi connectivity index (χ3n) is 5.52. The van der Waals surface area contributed by atoms with Gasteiger partial charge in [-0.25, -0.2) is 4.98 Å². The average Bonchev–Trinajstić information content (AvgIpc) is 3.51. The molecule has 2 amide bonds. The molecule has 4 heterocycles. The average molecular weight is 522 g/mol. The summed E-state index contributed by atoms with van der Waals surface area (Å²) in [5, 5.41) is 21.4. The summed E-state index contributed by atoms with van der Waals surface area (Å²) in [6.45, 7) is 3.05. The minimum Gasteiger partial charge on any atom is -0.365 e. The van der Waals surface area contributed by atoms with Crippen LogP contribution in [-0.4, -0.2) is 41.3 Å². The first-order chi connectivity index (χ1) is 16.8. The second-order valence-corrected chi connectivity index (χ2v) is 8.77. The van der Waals surface area contributed by atoms with Gasteiger partial charge >= 0.3 is 11.9 Å². The molecule has 0 saturated heterocycles. The number of aryl methyl sites for hydroxylation is 1. The number of thiophene rings is 1. The highest BCUT2D eigenvalue weighted by Gasteiger charge is 2.35. The van der Waals surface area contributed by atoms with E-state index in [2.05, 4.69) is 20.5 Å². The molecule has 0 saturated carbocycles. The van der Waals surface area contributed by atoms with Crippen molar-refractivity contribution in [3.8, 4) is 11.1 Å². The fraction of sp³-hybridized carbons (Fsp3) is 0.250. The molecule has 3 N–H and O–H groups in total. The second kappa shape index (κ2) is 8.71. The summed E-state index contributed by atoms with van der Waals surface area (Å²) in [5.74, 6) is -1.73. The molecule has 0 aliphatic heterocycles. The Bertz CT molecular complexity index is 1540. The summed E-state index contributed by atoms with van der Waals surface area (Å²) in [7, 11) is 1.61. The number of primary amides is 1. The zero-order valence-electron chi connectivity index (χ0n) is 18.8. The molecule has 1 unspecified atom stereocenters. The lowest BCUT2D eigenvalue weighted by atomic mass is 10.0. The molecular formula is C20H17F3N8O4S. The zero-order valence-corrected chi connectivity index (χ0v) is 19.6. The minimum absolute atomic E-state index is 0.0411. The van der Waals surface area contributed by atoms with Gasteiger partial charge in [0.2, 0.25) is 5.91 Å². The second-order valence-electron chi connectivity index (χ2n) is 7.77. The number of carbonyl (C=O) groups is 2. The van der Waals surface area contributed by atoms with Gasteiger partial charge in [0.05, 0.1) is 16.8 Å². The van der Waals surface area contributed by atoms with E-state index < -0.39 is 34.6 Å². The number of nitro groups is 1. The van der Waals surface area contributed by atoms with E-state index in [-0.39, 0.29) is 32.0 Å². The Labute approximate surface area is 203 Å². The van der Waals surface area contributed by atoms with Crippen molar-refractivity contribution in [2.75, 3.05) is 5.32 Å². The Morgan fingerprint density at radius 2 is 1.94 bits per heavy atom. The Kier molecular flexibility index (Phi) is 5.99. The standard InChI is InChI=1S/C20H17F3N8O4S/c1-8-12(6-25-29(8)3)11-4-13(20(21,22)23)27-19-14(11)15(16(36-19)17(24)32)28-18(33)9(2)30-7-10(5-26-30)31(34)35/h4-7,9H,1-3H3,(H2,24,32)(H,28,33). The largest absolute Gasteiger partial charge is 0.433 e. The highest BCUT2D eigenvalue weighted by molar-refractivity contribution is 7.21. The SMILES string of the molecule is Cc1c(-c2cc(C(F)(F)F)nc3sc(C(N)=O)c(NC(=O)C(C)n4cc([N+](=O)[O-])cn4)c23)cnn1C. The van der Waals surface area contributed by atoms with Gasteiger partial charge in [-0.1, -0.05) is 0 Å². The van der Waals surface area contributed by atoms with E-state index in [0.29, 0.717) is 22.6 Å². The van der Waals surface area contributed by atoms with Crippen LogP contribution in [0, 0.1) is 17.0 Å². The first kappa shape index (κ1) is 24.8. The number of aromatic nitrogens is 5. The van der Waals surface area contributed by atoms with Crippen molar-refractivity contribution in [2.24, 2.45) is 12.8 Å². The zero-order chi connectivity index (χ0) is 26.5. The van der Waals surface area contributed by atoms with Crippen LogP contribution in [-0.2, 0) is 18.0 Å². The van der Waals surface area contributed by atoms with Gasteiger partial charge in [-0.05, 0) is 25.5 Å². The van der Waals surface area contributed by atoms with Gasteiger partial charge in [0.15, 0.2) is 0 Å². The van der Waals surface area contributed by atoms with Crippen molar-refractivity contribution < 1.29 is 27.7 Å². The van der Waals surface area contributed by atoms with Crippen molar-refractivity contribution in [3.05, 3.63) is 51.0 Å². The number of amides is 2. The van der Waals surface area contributed by atoms with E-state index in [4.69, 9.17) is 5.73 Å². The monoisotopic (exact) mass is 522 g/mol. The van der Waals surface area contributed by atoms with E-state index in [0.717, 1.165) is 23.1 Å². The van der Waals surface area contributed by atoms with Crippen molar-refractivity contribution >= 4 is 44.7 Å². The van der Waals surface area contributed by atoms with Gasteiger partial charge in [-0.3, -0.25) is 29.1 Å². The van der Waals surface area contributed by atoms with Crippen LogP contribution < -0.4 is 11.1 Å². The van der Waals surface area contributed by atoms with E-state index in [9.17, 15) is 32.9 Å². The van der Waals surface area contributed by atoms with Gasteiger partial charge in [-0.2, -0.15) is 23.4 Å². The molecule has 36 heavy (non-hydrogen) atoms. The highest BCUT2D eigenvalue weighted by atomic mass is 32.1. The van der Waals surface area contributed by atoms with Crippen LogP contribution in [0.25, 0.3) is 21.3 Å². The van der Waals surface area contributed by atoms with Gasteiger partial charge in [0.1, 0.15) is 33.8 Å². The van der Waals surface area contributed by atoms with Crippen LogP contribution in [0.3, 0.4) is 0 Å². The Morgan fingerprint density at radius 3 is 2.47 bits per heavy atom. The van der Waals surface area contributed by atoms with E-state index >= 15 is 0 Å². The van der Waals surface area contributed by atoms with Crippen LogP contribution >= 0.6 is 11.3 Å². The number of nitrogens with two attached hydrogens (primary N) is 1. The number of hydrogen-bond donors (Lipinski definition) is 2. The van der Waals surface area contributed by atoms with Crippen molar-refractivity contribution in [1.29, 1.82) is 0 Å². The van der Waals surface area contributed by atoms with Gasteiger partial charge in [0, 0.05) is 23.7 Å². The molecular weight excluding hydrogens is 505 g/mol. The number of nitrogens with one attached hydrogen (secondary N) is 1. The molecule has 16 heteroatoms. The lowest BCUT2D eigenvalue weighted by Crippen LogP contribution is -2.25. The van der Waals surface area contributed by atoms with Gasteiger partial charge < -0.3 is 11.1 Å². The first-order valence-electron chi connectivity index (χ1n) is 10.1. The lowest BCUT2D eigenvalue weighted by Gasteiger charge is -2.15. The molecule has 0 radical (unpaired) electrons. The van der Waals surface area contributed by atoms with Crippen molar-refractivity contribution in [1.82, 2.24) is 24.5 Å². The van der Waals surface area contributed by atoms with E-state index in [1.807, 2.05) is 0 Å². The third kappa shape index (κ3) is 4.26. The van der Waals surface area contributed by atoms with Gasteiger partial charge in [0.25, 0.3) is 5.91 Å². The summed E-state index contributed by atoms with van der Waals surface area (Å²) in [6.07, 6.45) is -1.41. The number of carbonyl (C=O) groups excluding carboxylic acids is 2. The number of nitrogens with zero attached hydrogens (tertiary/aromatic N) is 6. The Balaban J connectivity index is 1.90. The van der Waals surface area contributed by atoms with E-state index in [1.165, 1.54) is 17.8 Å².